The number of methoxy groups -OCH3 is 1. The van der Waals surface area contributed by atoms with Crippen LogP contribution in [0.1, 0.15) is 12.0 Å². The molecule has 1 aliphatic heterocycles. The third-order valence-electron chi connectivity index (χ3n) is 2.78. The van der Waals surface area contributed by atoms with Gasteiger partial charge in [0.1, 0.15) is 12.3 Å². The van der Waals surface area contributed by atoms with Crippen molar-refractivity contribution >= 4 is 17.6 Å². The van der Waals surface area contributed by atoms with Crippen LogP contribution in [-0.4, -0.2) is 30.6 Å². The van der Waals surface area contributed by atoms with E-state index in [-0.39, 0.29) is 12.5 Å². The summed E-state index contributed by atoms with van der Waals surface area (Å²) in [4.78, 5) is 23.7. The van der Waals surface area contributed by atoms with Crippen LogP contribution < -0.4 is 9.64 Å². The molecule has 1 aromatic carbocycles. The number of benzene rings is 1. The molecule has 0 fully saturated rings. The number of carbonyl (C=O) groups excluding carboxylic acids is 1. The summed E-state index contributed by atoms with van der Waals surface area (Å²) < 4.78 is 5.10. The number of aliphatic carboxylic acids is 1. The first-order valence-electron chi connectivity index (χ1n) is 5.31. The van der Waals surface area contributed by atoms with E-state index in [1.54, 1.807) is 19.2 Å². The summed E-state index contributed by atoms with van der Waals surface area (Å²) in [5, 5.41) is 8.79. The number of amides is 1. The highest BCUT2D eigenvalue weighted by Crippen LogP contribution is 2.30. The Morgan fingerprint density at radius 2 is 2.24 bits per heavy atom. The molecule has 0 saturated heterocycles. The predicted molar refractivity (Wildman–Crippen MR) is 61.3 cm³/mol. The van der Waals surface area contributed by atoms with Crippen LogP contribution in [0.5, 0.6) is 5.75 Å². The Labute approximate surface area is 98.6 Å². The number of hydrogen-bond acceptors (Lipinski definition) is 3. The van der Waals surface area contributed by atoms with Gasteiger partial charge in [-0.2, -0.15) is 0 Å². The number of carboxylic acid groups (broad SMARTS) is 1. The van der Waals surface area contributed by atoms with Gasteiger partial charge in [0.25, 0.3) is 0 Å². The maximum Gasteiger partial charge on any atom is 0.323 e. The minimum atomic E-state index is -1.01. The molecule has 1 aliphatic rings. The number of fused-ring (bicyclic) bond motifs is 1. The van der Waals surface area contributed by atoms with Crippen molar-refractivity contribution in [2.45, 2.75) is 12.8 Å². The normalized spacial score (nSPS) is 14.4. The van der Waals surface area contributed by atoms with Gasteiger partial charge in [0, 0.05) is 12.1 Å². The lowest BCUT2D eigenvalue weighted by Gasteiger charge is -2.28. The van der Waals surface area contributed by atoms with E-state index in [2.05, 4.69) is 0 Å². The first-order valence-corrected chi connectivity index (χ1v) is 5.31. The lowest BCUT2D eigenvalue weighted by Crippen LogP contribution is -2.38. The van der Waals surface area contributed by atoms with Crippen LogP contribution in [-0.2, 0) is 16.0 Å². The average molecular weight is 235 g/mol. The molecule has 2 rings (SSSR count). The van der Waals surface area contributed by atoms with E-state index in [4.69, 9.17) is 9.84 Å². The highest BCUT2D eigenvalue weighted by Gasteiger charge is 2.25. The second kappa shape index (κ2) is 4.45. The second-order valence-electron chi connectivity index (χ2n) is 3.87. The van der Waals surface area contributed by atoms with E-state index in [9.17, 15) is 9.59 Å². The molecule has 0 bridgehead atoms. The first-order chi connectivity index (χ1) is 8.11. The molecule has 0 unspecified atom stereocenters. The third kappa shape index (κ3) is 2.22. The van der Waals surface area contributed by atoms with Gasteiger partial charge in [-0.15, -0.1) is 0 Å². The number of nitrogens with zero attached hydrogens (tertiary/aromatic N) is 1. The monoisotopic (exact) mass is 235 g/mol. The molecule has 90 valence electrons. The van der Waals surface area contributed by atoms with Crippen molar-refractivity contribution < 1.29 is 19.4 Å². The quantitative estimate of drug-likeness (QED) is 0.850. The van der Waals surface area contributed by atoms with E-state index in [1.807, 2.05) is 6.07 Å². The summed E-state index contributed by atoms with van der Waals surface area (Å²) in [6.07, 6.45) is 0.967. The maximum absolute atomic E-state index is 11.7. The zero-order valence-corrected chi connectivity index (χ0v) is 9.47. The number of carbonyl (C=O) groups is 2. The zero-order chi connectivity index (χ0) is 12.4. The van der Waals surface area contributed by atoms with Crippen LogP contribution >= 0.6 is 0 Å². The second-order valence-corrected chi connectivity index (χ2v) is 3.87. The summed E-state index contributed by atoms with van der Waals surface area (Å²) in [7, 11) is 1.57. The zero-order valence-electron chi connectivity index (χ0n) is 9.47. The molecule has 0 aliphatic carbocycles. The van der Waals surface area contributed by atoms with Gasteiger partial charge < -0.3 is 14.7 Å². The van der Waals surface area contributed by atoms with E-state index in [0.29, 0.717) is 24.3 Å². The average Bonchev–Trinajstić information content (AvgIpc) is 2.32. The summed E-state index contributed by atoms with van der Waals surface area (Å²) in [5.41, 5.74) is 1.62. The molecule has 0 spiro atoms. The number of anilines is 1. The van der Waals surface area contributed by atoms with Gasteiger partial charge in [0.05, 0.1) is 7.11 Å². The molecule has 1 heterocycles. The van der Waals surface area contributed by atoms with Crippen LogP contribution in [0, 0.1) is 0 Å². The molecule has 1 amide bonds. The van der Waals surface area contributed by atoms with Gasteiger partial charge in [0.2, 0.25) is 5.91 Å². The van der Waals surface area contributed by atoms with Crippen molar-refractivity contribution in [1.82, 2.24) is 0 Å². The number of carboxylic acids is 1. The van der Waals surface area contributed by atoms with Gasteiger partial charge in [-0.1, -0.05) is 0 Å². The van der Waals surface area contributed by atoms with Crippen molar-refractivity contribution in [2.75, 3.05) is 18.6 Å². The Morgan fingerprint density at radius 1 is 1.47 bits per heavy atom. The molecule has 0 aromatic heterocycles. The van der Waals surface area contributed by atoms with Crippen molar-refractivity contribution in [3.8, 4) is 5.75 Å². The fourth-order valence-corrected chi connectivity index (χ4v) is 1.97. The van der Waals surface area contributed by atoms with Gasteiger partial charge in [0.15, 0.2) is 0 Å². The van der Waals surface area contributed by atoms with Crippen LogP contribution in [0.4, 0.5) is 5.69 Å². The van der Waals surface area contributed by atoms with E-state index in [0.717, 1.165) is 5.56 Å². The molecule has 1 aromatic rings. The maximum atomic E-state index is 11.7. The van der Waals surface area contributed by atoms with Gasteiger partial charge in [-0.3, -0.25) is 9.59 Å². The Morgan fingerprint density at radius 3 is 2.88 bits per heavy atom. The predicted octanol–water partition coefficient (Wildman–Crippen LogP) is 1.06. The van der Waals surface area contributed by atoms with Crippen LogP contribution in [0.25, 0.3) is 0 Å². The lowest BCUT2D eigenvalue weighted by molar-refractivity contribution is -0.136. The van der Waals surface area contributed by atoms with Gasteiger partial charge >= 0.3 is 5.97 Å². The third-order valence-corrected chi connectivity index (χ3v) is 2.78. The molecule has 0 saturated carbocycles. The lowest BCUT2D eigenvalue weighted by atomic mass is 10.0. The SMILES string of the molecule is COc1ccc2c(c1)CCC(=O)N2CC(=O)O. The fourth-order valence-electron chi connectivity index (χ4n) is 1.97. The number of hydrogen-bond donors (Lipinski definition) is 1. The number of aryl methyl sites for hydroxylation is 1. The van der Waals surface area contributed by atoms with Gasteiger partial charge in [-0.05, 0) is 30.2 Å². The molecule has 1 N–H and O–H groups in total. The van der Waals surface area contributed by atoms with Crippen LogP contribution in [0.3, 0.4) is 0 Å². The van der Waals surface area contributed by atoms with Crippen LogP contribution in [0.2, 0.25) is 0 Å². The summed E-state index contributed by atoms with van der Waals surface area (Å²) >= 11 is 0. The summed E-state index contributed by atoms with van der Waals surface area (Å²) in [6, 6.07) is 5.30. The Balaban J connectivity index is 2.37. The topological polar surface area (TPSA) is 66.8 Å². The molecule has 5 nitrogen and oxygen atoms in total. The molecular weight excluding hydrogens is 222 g/mol. The van der Waals surface area contributed by atoms with Crippen molar-refractivity contribution in [2.24, 2.45) is 0 Å². The van der Waals surface area contributed by atoms with Gasteiger partial charge in [-0.25, -0.2) is 0 Å². The number of ether oxygens (including phenoxy) is 1. The summed E-state index contributed by atoms with van der Waals surface area (Å²) in [6.45, 7) is -0.293. The van der Waals surface area contributed by atoms with Crippen molar-refractivity contribution in [1.29, 1.82) is 0 Å². The highest BCUT2D eigenvalue weighted by molar-refractivity contribution is 5.99. The largest absolute Gasteiger partial charge is 0.497 e. The first kappa shape index (κ1) is 11.4. The molecule has 0 atom stereocenters. The smallest absolute Gasteiger partial charge is 0.323 e. The van der Waals surface area contributed by atoms with E-state index >= 15 is 0 Å². The Bertz CT molecular complexity index is 470. The Hall–Kier alpha value is -2.04. The minimum Gasteiger partial charge on any atom is -0.497 e. The van der Waals surface area contributed by atoms with Crippen molar-refractivity contribution in [3.05, 3.63) is 23.8 Å². The molecular formula is C12H13NO4. The van der Waals surface area contributed by atoms with Crippen LogP contribution in [0.15, 0.2) is 18.2 Å². The fraction of sp³-hybridized carbons (Fsp3) is 0.333. The van der Waals surface area contributed by atoms with E-state index < -0.39 is 5.97 Å². The Kier molecular flexibility index (Phi) is 2.99. The molecule has 17 heavy (non-hydrogen) atoms. The highest BCUT2D eigenvalue weighted by atomic mass is 16.5. The molecule has 5 heteroatoms. The van der Waals surface area contributed by atoms with E-state index in [1.165, 1.54) is 4.90 Å². The van der Waals surface area contributed by atoms with Crippen molar-refractivity contribution in [3.63, 3.8) is 0 Å². The number of rotatable bonds is 3. The standard InChI is InChI=1S/C12H13NO4/c1-17-9-3-4-10-8(6-9)2-5-11(14)13(10)7-12(15)16/h3-4,6H,2,5,7H2,1H3,(H,15,16). The minimum absolute atomic E-state index is 0.148. The summed E-state index contributed by atoms with van der Waals surface area (Å²) in [5.74, 6) is -0.444. The molecule has 0 radical (unpaired) electrons.